The van der Waals surface area contributed by atoms with Gasteiger partial charge in [-0.2, -0.15) is 0 Å². The molecule has 0 aliphatic carbocycles. The van der Waals surface area contributed by atoms with E-state index in [0.717, 1.165) is 11.7 Å². The molecule has 1 heteroatoms. The normalized spacial score (nSPS) is 11.1. The predicted octanol–water partition coefficient (Wildman–Crippen LogP) is 5.35. The summed E-state index contributed by atoms with van der Waals surface area (Å²) < 4.78 is 0. The van der Waals surface area contributed by atoms with Gasteiger partial charge in [0.25, 0.3) is 0 Å². The molecule has 0 aromatic heterocycles. The fraction of sp³-hybridized carbons (Fsp3) is 1.00. The largest absolute Gasteiger partial charge is 0.0942 e. The Morgan fingerprint density at radius 2 is 1.14 bits per heavy atom. The Balaban J connectivity index is 2.85. The summed E-state index contributed by atoms with van der Waals surface area (Å²) in [6.45, 7) is 4.63. The van der Waals surface area contributed by atoms with E-state index >= 15 is 0 Å². The van der Waals surface area contributed by atoms with Crippen LogP contribution in [0.2, 0.25) is 0 Å². The lowest BCUT2D eigenvalue weighted by molar-refractivity contribution is 0.509. The Kier molecular flexibility index (Phi) is 11.7. The van der Waals surface area contributed by atoms with Crippen molar-refractivity contribution < 1.29 is 0 Å². The quantitative estimate of drug-likeness (QED) is 0.431. The first kappa shape index (κ1) is 14.3. The van der Waals surface area contributed by atoms with Crippen LogP contribution in [0.1, 0.15) is 71.6 Å². The van der Waals surface area contributed by atoms with Crippen LogP contribution in [0, 0.1) is 5.92 Å². The molecule has 0 saturated carbocycles. The third-order valence-corrected chi connectivity index (χ3v) is 2.96. The number of hydrogen-bond acceptors (Lipinski definition) is 0. The fourth-order valence-electron chi connectivity index (χ4n) is 1.72. The molecule has 0 aliphatic rings. The smallest absolute Gasteiger partial charge is 0.00369 e. The standard InChI is InChI=1S/C13H27S/c1-13(2)11-9-7-5-3-4-6-8-10-12-14/h13H,3-12H2,1-2H3. The second-order valence-corrected chi connectivity index (χ2v) is 5.12. The average Bonchev–Trinajstić information content (AvgIpc) is 2.15. The minimum atomic E-state index is 0.891. The van der Waals surface area contributed by atoms with Gasteiger partial charge in [-0.05, 0) is 12.3 Å². The van der Waals surface area contributed by atoms with Crippen LogP contribution in [0.5, 0.6) is 0 Å². The zero-order valence-corrected chi connectivity index (χ0v) is 10.9. The molecule has 0 unspecified atom stereocenters. The fourth-order valence-corrected chi connectivity index (χ4v) is 1.92. The summed E-state index contributed by atoms with van der Waals surface area (Å²) in [5.74, 6) is 1.84. The molecule has 0 fully saturated rings. The van der Waals surface area contributed by atoms with Gasteiger partial charge in [0.15, 0.2) is 0 Å². The first-order valence-electron chi connectivity index (χ1n) is 6.35. The second kappa shape index (κ2) is 11.4. The van der Waals surface area contributed by atoms with Gasteiger partial charge in [0.1, 0.15) is 0 Å². The van der Waals surface area contributed by atoms with Gasteiger partial charge in [0.05, 0.1) is 0 Å². The predicted molar refractivity (Wildman–Crippen MR) is 68.8 cm³/mol. The highest BCUT2D eigenvalue weighted by Crippen LogP contribution is 2.12. The number of hydrogen-bond donors (Lipinski definition) is 0. The van der Waals surface area contributed by atoms with E-state index in [1.807, 2.05) is 0 Å². The average molecular weight is 215 g/mol. The lowest BCUT2D eigenvalue weighted by Crippen LogP contribution is -1.87. The van der Waals surface area contributed by atoms with Crippen LogP contribution in [-0.2, 0) is 0 Å². The maximum absolute atomic E-state index is 4.91. The molecule has 0 aliphatic heterocycles. The lowest BCUT2D eigenvalue weighted by Gasteiger charge is -2.04. The Morgan fingerprint density at radius 3 is 1.57 bits per heavy atom. The topological polar surface area (TPSA) is 0 Å². The van der Waals surface area contributed by atoms with Crippen molar-refractivity contribution in [3.8, 4) is 0 Å². The van der Waals surface area contributed by atoms with E-state index in [1.54, 1.807) is 0 Å². The van der Waals surface area contributed by atoms with Gasteiger partial charge in [0.2, 0.25) is 0 Å². The lowest BCUT2D eigenvalue weighted by atomic mass is 10.0. The Hall–Kier alpha value is 0.350. The van der Waals surface area contributed by atoms with Crippen molar-refractivity contribution in [3.63, 3.8) is 0 Å². The first-order valence-corrected chi connectivity index (χ1v) is 6.93. The summed E-state index contributed by atoms with van der Waals surface area (Å²) in [6, 6.07) is 0. The van der Waals surface area contributed by atoms with Crippen LogP contribution >= 0.6 is 12.6 Å². The van der Waals surface area contributed by atoms with Crippen LogP contribution in [0.25, 0.3) is 0 Å². The van der Waals surface area contributed by atoms with Gasteiger partial charge in [-0.25, -0.2) is 0 Å². The van der Waals surface area contributed by atoms with Crippen LogP contribution in [0.15, 0.2) is 0 Å². The van der Waals surface area contributed by atoms with Crippen LogP contribution in [0.3, 0.4) is 0 Å². The molecular weight excluding hydrogens is 188 g/mol. The second-order valence-electron chi connectivity index (χ2n) is 4.72. The Morgan fingerprint density at radius 1 is 0.714 bits per heavy atom. The number of rotatable bonds is 10. The zero-order valence-electron chi connectivity index (χ0n) is 10.1. The van der Waals surface area contributed by atoms with Crippen LogP contribution in [0.4, 0.5) is 0 Å². The first-order chi connectivity index (χ1) is 6.77. The van der Waals surface area contributed by atoms with Crippen molar-refractivity contribution in [3.05, 3.63) is 0 Å². The summed E-state index contributed by atoms with van der Waals surface area (Å²) in [6.07, 6.45) is 12.6. The van der Waals surface area contributed by atoms with E-state index in [1.165, 1.54) is 57.8 Å². The molecule has 0 rings (SSSR count). The summed E-state index contributed by atoms with van der Waals surface area (Å²) >= 11 is 4.91. The summed E-state index contributed by atoms with van der Waals surface area (Å²) in [5, 5.41) is 0. The van der Waals surface area contributed by atoms with E-state index in [0.29, 0.717) is 0 Å². The third kappa shape index (κ3) is 12.3. The maximum atomic E-state index is 4.91. The highest BCUT2D eigenvalue weighted by molar-refractivity contribution is 7.80. The van der Waals surface area contributed by atoms with Gasteiger partial charge in [-0.3, -0.25) is 0 Å². The summed E-state index contributed by atoms with van der Waals surface area (Å²) in [4.78, 5) is 0. The van der Waals surface area contributed by atoms with Crippen molar-refractivity contribution in [2.45, 2.75) is 71.6 Å². The molecule has 85 valence electrons. The molecule has 0 nitrogen and oxygen atoms in total. The number of unbranched alkanes of at least 4 members (excludes halogenated alkanes) is 7. The van der Waals surface area contributed by atoms with Gasteiger partial charge in [-0.1, -0.05) is 77.8 Å². The van der Waals surface area contributed by atoms with Gasteiger partial charge in [-0.15, -0.1) is 0 Å². The highest BCUT2D eigenvalue weighted by atomic mass is 32.1. The molecule has 0 N–H and O–H groups in total. The van der Waals surface area contributed by atoms with Gasteiger partial charge >= 0.3 is 0 Å². The van der Waals surface area contributed by atoms with E-state index in [2.05, 4.69) is 13.8 Å². The van der Waals surface area contributed by atoms with Crippen molar-refractivity contribution in [1.29, 1.82) is 0 Å². The molecule has 0 aromatic rings. The van der Waals surface area contributed by atoms with Crippen molar-refractivity contribution in [1.82, 2.24) is 0 Å². The van der Waals surface area contributed by atoms with Crippen molar-refractivity contribution in [2.75, 3.05) is 5.75 Å². The zero-order chi connectivity index (χ0) is 10.6. The molecule has 0 aromatic carbocycles. The van der Waals surface area contributed by atoms with E-state index in [4.69, 9.17) is 12.6 Å². The molecule has 0 saturated heterocycles. The molecule has 0 atom stereocenters. The van der Waals surface area contributed by atoms with Gasteiger partial charge in [0, 0.05) is 5.75 Å². The van der Waals surface area contributed by atoms with Crippen molar-refractivity contribution in [2.24, 2.45) is 5.92 Å². The molecular formula is C13H27S. The molecule has 0 amide bonds. The monoisotopic (exact) mass is 215 g/mol. The SMILES string of the molecule is CC(C)CCCCCCCCCC[S]. The Labute approximate surface area is 96.3 Å². The van der Waals surface area contributed by atoms with Crippen LogP contribution < -0.4 is 0 Å². The summed E-state index contributed by atoms with van der Waals surface area (Å²) in [5.41, 5.74) is 0. The maximum Gasteiger partial charge on any atom is 0.00369 e. The van der Waals surface area contributed by atoms with E-state index in [-0.39, 0.29) is 0 Å². The minimum absolute atomic E-state index is 0.891. The van der Waals surface area contributed by atoms with Gasteiger partial charge < -0.3 is 0 Å². The Bertz CT molecular complexity index is 99.4. The molecule has 0 heterocycles. The molecule has 0 spiro atoms. The van der Waals surface area contributed by atoms with E-state index in [9.17, 15) is 0 Å². The van der Waals surface area contributed by atoms with E-state index < -0.39 is 0 Å². The minimum Gasteiger partial charge on any atom is -0.0942 e. The summed E-state index contributed by atoms with van der Waals surface area (Å²) in [7, 11) is 0. The highest BCUT2D eigenvalue weighted by Gasteiger charge is 1.94. The molecule has 14 heavy (non-hydrogen) atoms. The molecule has 0 bridgehead atoms. The molecule has 1 radical (unpaired) electrons. The van der Waals surface area contributed by atoms with Crippen LogP contribution in [-0.4, -0.2) is 5.75 Å². The third-order valence-electron chi connectivity index (χ3n) is 2.68. The van der Waals surface area contributed by atoms with Crippen molar-refractivity contribution >= 4 is 12.6 Å².